The molecule has 125 heavy (non-hydrogen) atoms. The molecule has 6 saturated heterocycles. The summed E-state index contributed by atoms with van der Waals surface area (Å²) in [5.41, 5.74) is -1.98. The minimum Gasteiger partial charge on any atom is -0.793 e. The van der Waals surface area contributed by atoms with Gasteiger partial charge in [0.25, 0.3) is 0 Å². The van der Waals surface area contributed by atoms with E-state index in [1.54, 1.807) is 25.7 Å². The quantitative estimate of drug-likeness (QED) is 0.0650. The van der Waals surface area contributed by atoms with Crippen LogP contribution in [-0.4, -0.2) is 260 Å². The predicted octanol–water partition coefficient (Wildman–Crippen LogP) is 10.7. The van der Waals surface area contributed by atoms with Crippen molar-refractivity contribution < 1.29 is 141 Å². The number of aliphatic hydroxyl groups is 4. The number of likely N-dealkylation sites (tertiary alicyclic amines) is 2. The molecule has 5 N–H and O–H groups in total. The van der Waals surface area contributed by atoms with E-state index in [0.717, 1.165) is 85.2 Å². The maximum Gasteiger partial charge on any atom is 1.00 e. The van der Waals surface area contributed by atoms with Gasteiger partial charge in [-0.2, -0.15) is 0 Å². The molecule has 10 saturated carbocycles. The van der Waals surface area contributed by atoms with Gasteiger partial charge in [0.2, 0.25) is 5.97 Å². The number of hydrogen-bond donors (Lipinski definition) is 5. The molecule has 4 spiro atoms. The van der Waals surface area contributed by atoms with Gasteiger partial charge in [-0.3, -0.25) is 19.4 Å². The molecule has 6 aliphatic heterocycles. The van der Waals surface area contributed by atoms with E-state index in [1.807, 2.05) is 62.3 Å². The minimum atomic E-state index is -1.03. The Bertz CT molecular complexity index is 3710. The summed E-state index contributed by atoms with van der Waals surface area (Å²) in [5, 5.41) is 50.8. The van der Waals surface area contributed by atoms with Crippen LogP contribution in [-0.2, 0) is 81.0 Å². The zero-order valence-corrected chi connectivity index (χ0v) is 81.9. The fourth-order valence-electron chi connectivity index (χ4n) is 29.6. The van der Waals surface area contributed by atoms with Crippen LogP contribution in [0, 0.1) is 101 Å². The maximum absolute atomic E-state index is 12.7. The van der Waals surface area contributed by atoms with Gasteiger partial charge in [-0.1, -0.05) is 84.1 Å². The molecule has 10 aliphatic carbocycles. The number of rotatable bonds is 13. The van der Waals surface area contributed by atoms with Gasteiger partial charge in [0.1, 0.15) is 23.4 Å². The van der Waals surface area contributed by atoms with Crippen molar-refractivity contribution in [3.8, 4) is 0 Å². The molecule has 28 atom stereocenters. The SMILES string of the molecule is C.C.CC(=O)OOC(C)=O.CC(C)(C)OC(=O)N1CC(=O)C1.CCO[C@@H]([C@H]1C[C@@H](C)[C@H]2[C@H](O1)[C@H](O)[C@@]1(C)[C@@H]3CC[C@H]4C(C)(C)[C@@H](O[C@H]5CN(C6CN(C(=O)OC(C)(C)C)C6)CCO5)CC[C@@]45CC35CC[C@]21C)C(C)(C)O.CCO[C@@H]([C@H]1C[C@@H](C)[C@H]2[C@H](O1)[C@H](O)[C@@]1(C)[C@@H]3CC[C@H]4C(C)(C)[C@@H](O[C@H]5CNCCO5)CC[C@@]45CC35CC[C@]21C)C(C)(C)O.[B-]OC(C)=O.[Na+]. The van der Waals surface area contributed by atoms with Gasteiger partial charge in [0.05, 0.1) is 92.9 Å². The van der Waals surface area contributed by atoms with E-state index < -0.39 is 70.8 Å². The third kappa shape index (κ3) is 19.3. The van der Waals surface area contributed by atoms with Crippen molar-refractivity contribution in [2.75, 3.05) is 78.8 Å². The Morgan fingerprint density at radius 1 is 0.544 bits per heavy atom. The molecule has 0 aromatic carbocycles. The molecule has 711 valence electrons. The number of nitrogens with zero attached hydrogens (tertiary/aromatic N) is 3. The molecular formula is C96H165BN4NaO23. The zero-order chi connectivity index (χ0) is 90.0. The van der Waals surface area contributed by atoms with Crippen LogP contribution in [0.25, 0.3) is 0 Å². The van der Waals surface area contributed by atoms with Gasteiger partial charge >= 0.3 is 53.7 Å². The number of fused-ring (bicyclic) bond motifs is 8. The van der Waals surface area contributed by atoms with E-state index in [0.29, 0.717) is 103 Å². The normalized spacial score (nSPS) is 41.9. The maximum atomic E-state index is 12.7. The van der Waals surface area contributed by atoms with Gasteiger partial charge in [-0.25, -0.2) is 29.0 Å². The van der Waals surface area contributed by atoms with Crippen LogP contribution in [0.4, 0.5) is 9.59 Å². The second-order valence-corrected chi connectivity index (χ2v) is 45.4. The van der Waals surface area contributed by atoms with Gasteiger partial charge in [0.15, 0.2) is 18.4 Å². The average Bonchev–Trinajstić information content (AvgIpc) is 1.46. The van der Waals surface area contributed by atoms with Crippen molar-refractivity contribution in [3.63, 3.8) is 0 Å². The number of morpholine rings is 2. The Kier molecular flexibility index (Phi) is 32.6. The van der Waals surface area contributed by atoms with Crippen LogP contribution >= 0.6 is 0 Å². The smallest absolute Gasteiger partial charge is 0.793 e. The summed E-state index contributed by atoms with van der Waals surface area (Å²) < 4.78 is 66.4. The van der Waals surface area contributed by atoms with Crippen molar-refractivity contribution in [1.29, 1.82) is 0 Å². The Balaban J connectivity index is 0.000000220. The summed E-state index contributed by atoms with van der Waals surface area (Å²) in [6, 6.07) is 0.316. The van der Waals surface area contributed by atoms with Gasteiger partial charge in [-0.15, -0.1) is 0 Å². The number of hydrogen-bond acceptors (Lipinski definition) is 25. The largest absolute Gasteiger partial charge is 1.00 e. The first-order chi connectivity index (χ1) is 56.6. The van der Waals surface area contributed by atoms with Crippen molar-refractivity contribution in [2.24, 2.45) is 101 Å². The van der Waals surface area contributed by atoms with Crippen LogP contribution in [0.2, 0.25) is 0 Å². The number of nitrogens with one attached hydrogen (secondary N) is 1. The minimum absolute atomic E-state index is 0. The zero-order valence-electron chi connectivity index (χ0n) is 79.9. The molecule has 2 unspecified atom stereocenters. The van der Waals surface area contributed by atoms with E-state index in [1.165, 1.54) is 76.0 Å². The predicted molar refractivity (Wildman–Crippen MR) is 468 cm³/mol. The molecule has 16 rings (SSSR count). The van der Waals surface area contributed by atoms with E-state index >= 15 is 0 Å². The van der Waals surface area contributed by atoms with Crippen LogP contribution < -0.4 is 34.9 Å². The molecule has 16 aliphatic rings. The topological polar surface area (TPSA) is 325 Å². The number of aliphatic hydroxyl groups excluding tert-OH is 2. The second-order valence-electron chi connectivity index (χ2n) is 45.4. The molecule has 16 fully saturated rings. The number of ether oxygens (including phenoxy) is 10. The summed E-state index contributed by atoms with van der Waals surface area (Å²) in [6.45, 7) is 58.0. The third-order valence-corrected chi connectivity index (χ3v) is 34.7. The Labute approximate surface area is 772 Å². The summed E-state index contributed by atoms with van der Waals surface area (Å²) >= 11 is 0. The van der Waals surface area contributed by atoms with Crippen LogP contribution in [0.15, 0.2) is 0 Å². The number of Topliss-reactive ketones (excluding diaryl/α,β-unsaturated/α-hetero) is 1. The van der Waals surface area contributed by atoms with Crippen LogP contribution in [0.5, 0.6) is 0 Å². The van der Waals surface area contributed by atoms with E-state index in [-0.39, 0.29) is 156 Å². The molecule has 2 amide bonds. The second kappa shape index (κ2) is 38.5. The Morgan fingerprint density at radius 2 is 0.928 bits per heavy atom. The molecule has 27 nitrogen and oxygen atoms in total. The van der Waals surface area contributed by atoms with E-state index in [2.05, 4.69) is 102 Å². The molecule has 29 heteroatoms. The van der Waals surface area contributed by atoms with Crippen molar-refractivity contribution in [2.45, 2.75) is 393 Å². The van der Waals surface area contributed by atoms with Crippen LogP contribution in [0.3, 0.4) is 0 Å². The number of carbonyl (C=O) groups is 6. The fourth-order valence-corrected chi connectivity index (χ4v) is 29.6. The van der Waals surface area contributed by atoms with Gasteiger partial charge in [-0.05, 0) is 276 Å². The first-order valence-corrected chi connectivity index (χ1v) is 46.6. The van der Waals surface area contributed by atoms with Crippen LogP contribution in [0.1, 0.15) is 291 Å². The van der Waals surface area contributed by atoms with Gasteiger partial charge in [0, 0.05) is 83.6 Å². The molecule has 3 radical (unpaired) electrons. The molecular weight excluding hydrogens is 1610 g/mol. The number of carbonyl (C=O) groups excluding carboxylic acids is 6. The average molecular weight is 1780 g/mol. The Morgan fingerprint density at radius 3 is 1.29 bits per heavy atom. The Hall–Kier alpha value is -2.88. The van der Waals surface area contributed by atoms with Crippen molar-refractivity contribution in [1.82, 2.24) is 20.0 Å². The first-order valence-electron chi connectivity index (χ1n) is 46.6. The summed E-state index contributed by atoms with van der Waals surface area (Å²) in [7, 11) is 4.32. The number of amides is 2. The third-order valence-electron chi connectivity index (χ3n) is 34.7. The first kappa shape index (κ1) is 106. The fraction of sp³-hybridized carbons (Fsp3) is 0.938. The number of ketones is 1. The summed E-state index contributed by atoms with van der Waals surface area (Å²) in [5.74, 6) is 1.94. The molecule has 0 aromatic heterocycles. The standard InChI is InChI=1S/C44H74N2O8.C36H61NO6.C8H13NO3.C4H6O4.C2H3BO2.2CH4.Na/c1-12-50-36(40(8,9)49)28-21-26(2)33-34(52-28)35(47)42(11)30-14-13-29-39(6,7)31(15-16-43(29)25-44(30,43)18-17-41(33,42)10)53-32-24-45(19-20-51-32)27-22-46(23-27)37(48)54-38(3,4)5;1-9-40-30(32(5,6)39)22-18-21(2)27-28(42-22)29(38)34(8)24-11-10-23-31(3,4)25(43-26-19-37-16-17-41-26)12-13-35(23)20-36(24,35)15-14-33(27,34)7;1-8(2,3)12-7(11)9-4-6(10)5-9;1-3(5)7-8-4(2)6;1-2(4)5-3;;;/h26-36,47,49H,12-25H2,1-11H3;21-30,37-39H,9-20H2,1-8H3;4-5H2,1-3H3;1-2H3;1H3;2*1H4;/q;;;;-1;;;+1/t26-,28-,29+,30+,31+,32+,33+,34+,35+,36+,41-,42-,43-,44?;21-,22-,23+,24+,25+,26+,27+,28+,29+,30+,33-,34-,35-,36?;;;;;;/m11....../s1. The van der Waals surface area contributed by atoms with Crippen molar-refractivity contribution >= 4 is 43.9 Å². The summed E-state index contributed by atoms with van der Waals surface area (Å²) in [4.78, 5) is 76.7. The molecule has 0 aromatic rings. The summed E-state index contributed by atoms with van der Waals surface area (Å²) in [6.07, 6.45) is 15.1. The van der Waals surface area contributed by atoms with E-state index in [4.69, 9.17) is 47.4 Å². The van der Waals surface area contributed by atoms with E-state index in [9.17, 15) is 49.2 Å². The van der Waals surface area contributed by atoms with Gasteiger partial charge < -0.3 is 90.7 Å². The molecule has 6 heterocycles. The molecule has 0 bridgehead atoms. The monoisotopic (exact) mass is 1780 g/mol. The van der Waals surface area contributed by atoms with Crippen molar-refractivity contribution in [3.05, 3.63) is 0 Å².